The monoisotopic (exact) mass is 666 g/mol. The van der Waals surface area contributed by atoms with Crippen molar-refractivity contribution in [1.82, 2.24) is 19.1 Å². The summed E-state index contributed by atoms with van der Waals surface area (Å²) < 4.78 is 20.2. The standard InChI is InChI=1S/C11H9N5O7.C6H3FN2O4.C5H7N3O3/c1-13-10(12-5-11(13)16(21)22)6-23-9-3-2-7(14(17)18)4-8(9)15(19)20;7-5-2-1-4(8(10)11)3-6(5)9(12)13;1-7-4(3-9)6-2-5(7)8(10)11/h2-5H,6H2,1H3;1-3H;2,9H,3H2,1H3. The molecule has 24 nitrogen and oxygen atoms in total. The molecule has 2 aromatic carbocycles. The number of aliphatic hydroxyl groups is 1. The topological polar surface area (TPSA) is 324 Å². The predicted molar refractivity (Wildman–Crippen MR) is 149 cm³/mol. The molecule has 2 aromatic heterocycles. The lowest BCUT2D eigenvalue weighted by Gasteiger charge is -2.05. The Balaban J connectivity index is 0.000000270. The van der Waals surface area contributed by atoms with Crippen LogP contribution in [0, 0.1) is 66.5 Å². The van der Waals surface area contributed by atoms with E-state index < -0.39 is 58.1 Å². The molecule has 0 amide bonds. The minimum absolute atomic E-state index is 0.117. The number of non-ortho nitro benzene ring substituents is 2. The van der Waals surface area contributed by atoms with Gasteiger partial charge in [0.25, 0.3) is 11.4 Å². The van der Waals surface area contributed by atoms with Gasteiger partial charge in [0.2, 0.25) is 17.5 Å². The molecule has 4 aromatic rings. The van der Waals surface area contributed by atoms with Gasteiger partial charge in [-0.25, -0.2) is 19.1 Å². The maximum absolute atomic E-state index is 12.6. The number of imidazole rings is 2. The fraction of sp³-hybridized carbons (Fsp3) is 0.182. The predicted octanol–water partition coefficient (Wildman–Crippen LogP) is 3.19. The van der Waals surface area contributed by atoms with Gasteiger partial charge in [-0.2, -0.15) is 4.39 Å². The van der Waals surface area contributed by atoms with Gasteiger partial charge in [0.15, 0.2) is 12.4 Å². The van der Waals surface area contributed by atoms with Crippen molar-refractivity contribution in [1.29, 1.82) is 0 Å². The number of aromatic nitrogens is 4. The average Bonchev–Trinajstić information content (AvgIpc) is 3.57. The number of rotatable bonds is 10. The van der Waals surface area contributed by atoms with Crippen molar-refractivity contribution in [2.24, 2.45) is 14.1 Å². The second kappa shape index (κ2) is 15.6. The lowest BCUT2D eigenvalue weighted by atomic mass is 10.2. The van der Waals surface area contributed by atoms with Crippen molar-refractivity contribution in [3.05, 3.63) is 127 Å². The summed E-state index contributed by atoms with van der Waals surface area (Å²) in [6.07, 6.45) is 2.15. The van der Waals surface area contributed by atoms with Gasteiger partial charge in [0, 0.05) is 12.1 Å². The number of aliphatic hydroxyl groups excluding tert-OH is 1. The van der Waals surface area contributed by atoms with Gasteiger partial charge in [-0.05, 0) is 22.0 Å². The zero-order valence-electron chi connectivity index (χ0n) is 23.6. The fourth-order valence-electron chi connectivity index (χ4n) is 3.28. The van der Waals surface area contributed by atoms with E-state index in [-0.39, 0.29) is 42.2 Å². The summed E-state index contributed by atoms with van der Waals surface area (Å²) in [5.74, 6) is -1.21. The fourth-order valence-corrected chi connectivity index (χ4v) is 3.28. The highest BCUT2D eigenvalue weighted by molar-refractivity contribution is 5.53. The molecule has 25 heteroatoms. The highest BCUT2D eigenvalue weighted by atomic mass is 19.1. The number of hydrogen-bond acceptors (Lipinski definition) is 16. The molecule has 1 N–H and O–H groups in total. The van der Waals surface area contributed by atoms with E-state index in [4.69, 9.17) is 9.84 Å². The van der Waals surface area contributed by atoms with Gasteiger partial charge in [-0.3, -0.25) is 40.5 Å². The lowest BCUT2D eigenvalue weighted by Crippen LogP contribution is -2.06. The summed E-state index contributed by atoms with van der Waals surface area (Å²) in [7, 11) is 2.88. The number of benzene rings is 2. The smallest absolute Gasteiger partial charge is 0.342 e. The van der Waals surface area contributed by atoms with Crippen LogP contribution >= 0.6 is 0 Å². The summed E-state index contributed by atoms with van der Waals surface area (Å²) in [6, 6.07) is 5.06. The maximum atomic E-state index is 12.6. The van der Waals surface area contributed by atoms with E-state index in [0.29, 0.717) is 12.1 Å². The van der Waals surface area contributed by atoms with Crippen molar-refractivity contribution in [2.75, 3.05) is 0 Å². The zero-order valence-corrected chi connectivity index (χ0v) is 23.6. The SMILES string of the molecule is Cn1c([N+](=O)[O-])cnc1CO.Cn1c([N+](=O)[O-])cnc1COc1ccc([N+](=O)[O-])cc1[N+](=O)[O-].O=[N+]([O-])c1ccc(F)c([N+](=O)[O-])c1. The first kappa shape index (κ1) is 36.1. The molecule has 0 bridgehead atoms. The van der Waals surface area contributed by atoms with Crippen molar-refractivity contribution in [3.8, 4) is 5.75 Å². The molecule has 2 heterocycles. The third kappa shape index (κ3) is 9.22. The van der Waals surface area contributed by atoms with Crippen molar-refractivity contribution in [3.63, 3.8) is 0 Å². The molecule has 0 fully saturated rings. The normalized spacial score (nSPS) is 10.0. The van der Waals surface area contributed by atoms with E-state index in [1.54, 1.807) is 0 Å². The highest BCUT2D eigenvalue weighted by Crippen LogP contribution is 2.31. The molecule has 4 rings (SSSR count). The molecule has 248 valence electrons. The summed E-state index contributed by atoms with van der Waals surface area (Å²) in [6.45, 7) is -0.562. The number of ether oxygens (including phenoxy) is 1. The Bertz CT molecular complexity index is 1860. The number of hydrogen-bond donors (Lipinski definition) is 1. The van der Waals surface area contributed by atoms with Gasteiger partial charge in [0.1, 0.15) is 19.0 Å². The molecule has 47 heavy (non-hydrogen) atoms. The summed E-state index contributed by atoms with van der Waals surface area (Å²) >= 11 is 0. The molecule has 0 radical (unpaired) electrons. The number of halogens is 1. The van der Waals surface area contributed by atoms with Gasteiger partial charge in [0.05, 0.1) is 45.9 Å². The molecule has 0 spiro atoms. The second-order valence-corrected chi connectivity index (χ2v) is 8.46. The summed E-state index contributed by atoms with van der Waals surface area (Å²) in [5, 5.41) is 71.4. The van der Waals surface area contributed by atoms with Gasteiger partial charge in [-0.1, -0.05) is 0 Å². The van der Waals surface area contributed by atoms with Crippen LogP contribution in [0.2, 0.25) is 0 Å². The van der Waals surface area contributed by atoms with E-state index in [1.165, 1.54) is 18.7 Å². The average molecular weight is 666 g/mol. The molecule has 0 saturated heterocycles. The minimum Gasteiger partial charge on any atom is -0.476 e. The van der Waals surface area contributed by atoms with Crippen molar-refractivity contribution in [2.45, 2.75) is 13.2 Å². The Hall–Kier alpha value is -7.05. The van der Waals surface area contributed by atoms with Crippen LogP contribution in [-0.2, 0) is 27.3 Å². The first-order valence-corrected chi connectivity index (χ1v) is 12.0. The van der Waals surface area contributed by atoms with Crippen LogP contribution in [0.15, 0.2) is 48.8 Å². The number of nitro benzene ring substituents is 4. The first-order valence-electron chi connectivity index (χ1n) is 12.0. The Morgan fingerprint density at radius 2 is 1.13 bits per heavy atom. The van der Waals surface area contributed by atoms with Gasteiger partial charge >= 0.3 is 23.0 Å². The molecule has 0 aliphatic carbocycles. The largest absolute Gasteiger partial charge is 0.476 e. The van der Waals surface area contributed by atoms with Crippen LogP contribution in [0.5, 0.6) is 5.75 Å². The van der Waals surface area contributed by atoms with Gasteiger partial charge < -0.3 is 30.1 Å². The lowest BCUT2D eigenvalue weighted by molar-refractivity contribution is -0.395. The Morgan fingerprint density at radius 3 is 1.53 bits per heavy atom. The Kier molecular flexibility index (Phi) is 12.0. The minimum atomic E-state index is -1.09. The van der Waals surface area contributed by atoms with E-state index in [2.05, 4.69) is 9.97 Å². The molecule has 0 atom stereocenters. The molecular weight excluding hydrogens is 647 g/mol. The Labute approximate surface area is 257 Å². The Morgan fingerprint density at radius 1 is 0.681 bits per heavy atom. The first-order chi connectivity index (χ1) is 22.0. The molecule has 0 aliphatic heterocycles. The highest BCUT2D eigenvalue weighted by Gasteiger charge is 2.23. The summed E-state index contributed by atoms with van der Waals surface area (Å²) in [4.78, 5) is 65.6. The number of nitrogens with zero attached hydrogens (tertiary/aromatic N) is 10. The van der Waals surface area contributed by atoms with Crippen LogP contribution in [0.4, 0.5) is 38.8 Å². The zero-order chi connectivity index (χ0) is 35.6. The quantitative estimate of drug-likeness (QED) is 0.187. The van der Waals surface area contributed by atoms with Crippen LogP contribution < -0.4 is 4.74 Å². The third-order valence-corrected chi connectivity index (χ3v) is 5.68. The van der Waals surface area contributed by atoms with Crippen LogP contribution in [-0.4, -0.2) is 53.7 Å². The van der Waals surface area contributed by atoms with Crippen LogP contribution in [0.25, 0.3) is 0 Å². The summed E-state index contributed by atoms with van der Waals surface area (Å²) in [5.41, 5.74) is -2.43. The molecule has 0 aliphatic rings. The van der Waals surface area contributed by atoms with Crippen molar-refractivity contribution >= 4 is 34.4 Å². The number of nitro groups is 6. The van der Waals surface area contributed by atoms with E-state index in [1.807, 2.05) is 0 Å². The molecule has 0 saturated carbocycles. The second-order valence-electron chi connectivity index (χ2n) is 8.46. The maximum Gasteiger partial charge on any atom is 0.342 e. The van der Waals surface area contributed by atoms with Crippen molar-refractivity contribution < 1.29 is 43.8 Å². The molecule has 0 unspecified atom stereocenters. The third-order valence-electron chi connectivity index (χ3n) is 5.68. The van der Waals surface area contributed by atoms with Crippen LogP contribution in [0.3, 0.4) is 0 Å². The van der Waals surface area contributed by atoms with Gasteiger partial charge in [-0.15, -0.1) is 0 Å². The van der Waals surface area contributed by atoms with Crippen LogP contribution in [0.1, 0.15) is 11.6 Å². The molecular formula is C22H19FN10O14. The van der Waals surface area contributed by atoms with E-state index in [0.717, 1.165) is 41.2 Å². The van der Waals surface area contributed by atoms with E-state index >= 15 is 0 Å². The van der Waals surface area contributed by atoms with E-state index in [9.17, 15) is 65.1 Å².